The summed E-state index contributed by atoms with van der Waals surface area (Å²) in [5.41, 5.74) is 1.01. The maximum atomic E-state index is 10.8. The average Bonchev–Trinajstić information content (AvgIpc) is 2.37. The lowest BCUT2D eigenvalue weighted by Crippen LogP contribution is -1.99. The van der Waals surface area contributed by atoms with E-state index in [0.717, 1.165) is 24.8 Å². The van der Waals surface area contributed by atoms with Crippen molar-refractivity contribution < 1.29 is 14.4 Å². The third-order valence-corrected chi connectivity index (χ3v) is 3.94. The van der Waals surface area contributed by atoms with Crippen LogP contribution in [-0.4, -0.2) is 15.9 Å². The van der Waals surface area contributed by atoms with Crippen molar-refractivity contribution >= 4 is 7.60 Å². The summed E-state index contributed by atoms with van der Waals surface area (Å²) >= 11 is 0. The highest BCUT2D eigenvalue weighted by molar-refractivity contribution is 7.51. The van der Waals surface area contributed by atoms with Gasteiger partial charge in [0.1, 0.15) is 0 Å². The Balaban J connectivity index is 2.37. The van der Waals surface area contributed by atoms with Gasteiger partial charge in [-0.25, -0.2) is 0 Å². The van der Waals surface area contributed by atoms with E-state index in [4.69, 9.17) is 9.79 Å². The molecule has 0 heterocycles. The van der Waals surface area contributed by atoms with Crippen LogP contribution in [0.25, 0.3) is 0 Å². The minimum absolute atomic E-state index is 0.0182. The predicted octanol–water partition coefficient (Wildman–Crippen LogP) is 3.41. The molecule has 0 amide bonds. The molecular formula is C15H21O3P. The van der Waals surface area contributed by atoms with Crippen LogP contribution in [0.1, 0.15) is 38.2 Å². The highest BCUT2D eigenvalue weighted by atomic mass is 31.2. The number of benzene rings is 1. The van der Waals surface area contributed by atoms with Gasteiger partial charge < -0.3 is 9.79 Å². The zero-order valence-electron chi connectivity index (χ0n) is 11.2. The second-order valence-corrected chi connectivity index (χ2v) is 6.45. The summed E-state index contributed by atoms with van der Waals surface area (Å²) in [5.74, 6) is 6.69. The first-order valence-electron chi connectivity index (χ1n) is 6.59. The molecule has 0 bridgehead atoms. The van der Waals surface area contributed by atoms with Crippen molar-refractivity contribution in [2.75, 3.05) is 6.16 Å². The van der Waals surface area contributed by atoms with Crippen molar-refractivity contribution in [1.82, 2.24) is 0 Å². The van der Waals surface area contributed by atoms with Gasteiger partial charge >= 0.3 is 7.60 Å². The van der Waals surface area contributed by atoms with Crippen LogP contribution in [0.3, 0.4) is 0 Å². The lowest BCUT2D eigenvalue weighted by Gasteiger charge is -2.11. The number of rotatable bonds is 6. The molecule has 1 unspecified atom stereocenters. The van der Waals surface area contributed by atoms with Gasteiger partial charge in [0.2, 0.25) is 0 Å². The van der Waals surface area contributed by atoms with Gasteiger partial charge in [-0.15, -0.1) is 0 Å². The van der Waals surface area contributed by atoms with Crippen molar-refractivity contribution in [3.63, 3.8) is 0 Å². The van der Waals surface area contributed by atoms with Crippen LogP contribution in [0.2, 0.25) is 0 Å². The van der Waals surface area contributed by atoms with Crippen LogP contribution in [0.4, 0.5) is 0 Å². The molecule has 3 nitrogen and oxygen atoms in total. The van der Waals surface area contributed by atoms with E-state index in [2.05, 4.69) is 18.8 Å². The fourth-order valence-electron chi connectivity index (χ4n) is 1.86. The number of hydrogen-bond donors (Lipinski definition) is 2. The normalized spacial score (nSPS) is 12.6. The maximum Gasteiger partial charge on any atom is 0.325 e. The molecule has 0 aromatic heterocycles. The smallest absolute Gasteiger partial charge is 0.324 e. The van der Waals surface area contributed by atoms with Gasteiger partial charge in [0.25, 0.3) is 0 Å². The lowest BCUT2D eigenvalue weighted by molar-refractivity contribution is 0.367. The molecule has 1 aromatic carbocycles. The molecule has 1 aromatic rings. The summed E-state index contributed by atoms with van der Waals surface area (Å²) in [7, 11) is -3.84. The van der Waals surface area contributed by atoms with E-state index in [-0.39, 0.29) is 6.16 Å². The van der Waals surface area contributed by atoms with Gasteiger partial charge in [0.05, 0.1) is 0 Å². The van der Waals surface area contributed by atoms with Gasteiger partial charge in [0, 0.05) is 18.1 Å². The molecule has 4 heteroatoms. The first-order valence-corrected chi connectivity index (χ1v) is 8.39. The Morgan fingerprint density at radius 2 is 1.95 bits per heavy atom. The zero-order valence-corrected chi connectivity index (χ0v) is 12.1. The monoisotopic (exact) mass is 280 g/mol. The first kappa shape index (κ1) is 16.0. The van der Waals surface area contributed by atoms with E-state index in [1.54, 1.807) is 0 Å². The molecule has 0 fully saturated rings. The summed E-state index contributed by atoms with van der Waals surface area (Å²) in [6.07, 6.45) is 3.15. The zero-order chi connectivity index (χ0) is 14.1. The van der Waals surface area contributed by atoms with E-state index in [1.807, 2.05) is 30.3 Å². The first-order chi connectivity index (χ1) is 9.01. The minimum Gasteiger partial charge on any atom is -0.324 e. The van der Waals surface area contributed by atoms with E-state index in [1.165, 1.54) is 0 Å². The average molecular weight is 280 g/mol. The van der Waals surface area contributed by atoms with Crippen molar-refractivity contribution in [3.05, 3.63) is 35.9 Å². The Hall–Kier alpha value is -1.07. The van der Waals surface area contributed by atoms with Crippen molar-refractivity contribution in [1.29, 1.82) is 0 Å². The van der Waals surface area contributed by atoms with Crippen LogP contribution in [0, 0.1) is 17.8 Å². The Morgan fingerprint density at radius 1 is 1.26 bits per heavy atom. The fraction of sp³-hybridized carbons (Fsp3) is 0.467. The summed E-state index contributed by atoms with van der Waals surface area (Å²) < 4.78 is 10.8. The topological polar surface area (TPSA) is 57.5 Å². The molecular weight excluding hydrogens is 259 g/mol. The Labute approximate surface area is 115 Å². The molecule has 2 N–H and O–H groups in total. The Kier molecular flexibility index (Phi) is 6.87. The van der Waals surface area contributed by atoms with Crippen molar-refractivity contribution in [3.8, 4) is 11.8 Å². The predicted molar refractivity (Wildman–Crippen MR) is 77.9 cm³/mol. The van der Waals surface area contributed by atoms with E-state index >= 15 is 0 Å². The summed E-state index contributed by atoms with van der Waals surface area (Å²) in [5, 5.41) is 0. The molecule has 1 rings (SSSR count). The quantitative estimate of drug-likeness (QED) is 0.620. The van der Waals surface area contributed by atoms with Crippen LogP contribution < -0.4 is 0 Å². The Bertz CT molecular complexity index is 467. The van der Waals surface area contributed by atoms with Crippen molar-refractivity contribution in [2.45, 2.75) is 32.6 Å². The molecule has 1 atom stereocenters. The fourth-order valence-corrected chi connectivity index (χ4v) is 2.45. The van der Waals surface area contributed by atoms with Gasteiger partial charge in [-0.1, -0.05) is 43.4 Å². The molecule has 0 aliphatic carbocycles. The second-order valence-electron chi connectivity index (χ2n) is 4.68. The van der Waals surface area contributed by atoms with Gasteiger partial charge in [-0.05, 0) is 30.9 Å². The van der Waals surface area contributed by atoms with Crippen LogP contribution in [-0.2, 0) is 4.57 Å². The van der Waals surface area contributed by atoms with Crippen LogP contribution in [0.15, 0.2) is 30.3 Å². The maximum absolute atomic E-state index is 10.8. The van der Waals surface area contributed by atoms with Crippen molar-refractivity contribution in [2.24, 2.45) is 5.92 Å². The van der Waals surface area contributed by atoms with Crippen LogP contribution in [0.5, 0.6) is 0 Å². The van der Waals surface area contributed by atoms with E-state index in [9.17, 15) is 4.57 Å². The highest BCUT2D eigenvalue weighted by Gasteiger charge is 2.13. The molecule has 0 saturated heterocycles. The SMILES string of the molecule is CCC(CC#Cc1ccccc1)CCCP(=O)(O)O. The Morgan fingerprint density at radius 3 is 2.53 bits per heavy atom. The standard InChI is InChI=1S/C15H21O3P/c1-2-14(12-7-13-19(16,17)18)10-6-11-15-8-4-3-5-9-15/h3-5,8-9,14H,2,7,10,12-13H2,1H3,(H2,16,17,18). The second kappa shape index (κ2) is 8.17. The molecule has 0 aliphatic rings. The number of hydrogen-bond acceptors (Lipinski definition) is 1. The van der Waals surface area contributed by atoms with E-state index in [0.29, 0.717) is 12.3 Å². The third kappa shape index (κ3) is 7.85. The molecule has 0 aliphatic heterocycles. The largest absolute Gasteiger partial charge is 0.325 e. The molecule has 0 saturated carbocycles. The third-order valence-electron chi connectivity index (χ3n) is 3.04. The molecule has 19 heavy (non-hydrogen) atoms. The summed E-state index contributed by atoms with van der Waals surface area (Å²) in [4.78, 5) is 17.6. The van der Waals surface area contributed by atoms with Gasteiger partial charge in [0.15, 0.2) is 0 Å². The summed E-state index contributed by atoms with van der Waals surface area (Å²) in [6.45, 7) is 2.09. The highest BCUT2D eigenvalue weighted by Crippen LogP contribution is 2.36. The van der Waals surface area contributed by atoms with E-state index < -0.39 is 7.60 Å². The molecule has 0 radical (unpaired) electrons. The van der Waals surface area contributed by atoms with Gasteiger partial charge in [-0.2, -0.15) is 0 Å². The minimum atomic E-state index is -3.84. The summed E-state index contributed by atoms with van der Waals surface area (Å²) in [6, 6.07) is 9.83. The lowest BCUT2D eigenvalue weighted by atomic mass is 9.97. The molecule has 104 valence electrons. The van der Waals surface area contributed by atoms with Gasteiger partial charge in [-0.3, -0.25) is 4.57 Å². The van der Waals surface area contributed by atoms with Crippen LogP contribution >= 0.6 is 7.60 Å². The molecule has 0 spiro atoms.